The fourth-order valence-electron chi connectivity index (χ4n) is 4.64. The Morgan fingerprint density at radius 1 is 1.30 bits per heavy atom. The molecule has 4 aromatic rings. The van der Waals surface area contributed by atoms with Crippen LogP contribution >= 0.6 is 11.3 Å². The highest BCUT2D eigenvalue weighted by Crippen LogP contribution is 2.40. The van der Waals surface area contributed by atoms with E-state index in [0.717, 1.165) is 55.0 Å². The van der Waals surface area contributed by atoms with Crippen LogP contribution in [-0.4, -0.2) is 33.4 Å². The van der Waals surface area contributed by atoms with Crippen LogP contribution in [0.2, 0.25) is 0 Å². The van der Waals surface area contributed by atoms with Gasteiger partial charge in [0.15, 0.2) is 0 Å². The molecule has 1 fully saturated rings. The molecule has 1 aliphatic rings. The number of nitrogens with two attached hydrogens (primary N) is 1. The van der Waals surface area contributed by atoms with Crippen LogP contribution in [0.5, 0.6) is 0 Å². The highest BCUT2D eigenvalue weighted by molar-refractivity contribution is 7.22. The van der Waals surface area contributed by atoms with Gasteiger partial charge in [-0.25, -0.2) is 4.98 Å². The maximum Gasteiger partial charge on any atom is 0.138 e. The van der Waals surface area contributed by atoms with Crippen molar-refractivity contribution in [3.63, 3.8) is 0 Å². The van der Waals surface area contributed by atoms with E-state index in [9.17, 15) is 0 Å². The molecule has 1 saturated heterocycles. The summed E-state index contributed by atoms with van der Waals surface area (Å²) in [5.41, 5.74) is 13.0. The fourth-order valence-corrected chi connectivity index (χ4v) is 5.98. The maximum absolute atomic E-state index is 6.18. The van der Waals surface area contributed by atoms with Crippen LogP contribution < -0.4 is 5.73 Å². The lowest BCUT2D eigenvalue weighted by Gasteiger charge is -2.34. The minimum Gasteiger partial charge on any atom is -0.370 e. The Morgan fingerprint density at radius 2 is 2.13 bits per heavy atom. The van der Waals surface area contributed by atoms with Gasteiger partial charge in [0.1, 0.15) is 11.3 Å². The Morgan fingerprint density at radius 3 is 2.93 bits per heavy atom. The molecule has 1 unspecified atom stereocenters. The van der Waals surface area contributed by atoms with Crippen molar-refractivity contribution in [3.8, 4) is 10.6 Å². The summed E-state index contributed by atoms with van der Waals surface area (Å²) in [6.07, 6.45) is 5.36. The van der Waals surface area contributed by atoms with E-state index >= 15 is 0 Å². The number of hydrogen-bond donors (Lipinski definition) is 1. The molecule has 5 rings (SSSR count). The zero-order chi connectivity index (χ0) is 20.8. The third-order valence-electron chi connectivity index (χ3n) is 6.30. The molecule has 3 aromatic heterocycles. The molecule has 0 aliphatic carbocycles. The Balaban J connectivity index is 1.57. The van der Waals surface area contributed by atoms with Crippen molar-refractivity contribution in [1.29, 1.82) is 0 Å². The molecule has 1 atom stereocenters. The number of thiophene rings is 1. The Bertz CT molecular complexity index is 1250. The normalized spacial score (nSPS) is 17.2. The predicted molar refractivity (Wildman–Crippen MR) is 128 cm³/mol. The molecule has 1 aromatic carbocycles. The molecular weight excluding hydrogens is 388 g/mol. The molecule has 1 aliphatic heterocycles. The van der Waals surface area contributed by atoms with Crippen molar-refractivity contribution in [3.05, 3.63) is 66.0 Å². The van der Waals surface area contributed by atoms with E-state index in [1.165, 1.54) is 26.2 Å². The molecule has 0 radical (unpaired) electrons. The highest BCUT2D eigenvalue weighted by Gasteiger charge is 2.21. The number of aryl methyl sites for hydroxylation is 2. The highest BCUT2D eigenvalue weighted by atomic mass is 32.1. The van der Waals surface area contributed by atoms with E-state index in [0.29, 0.717) is 0 Å². The molecular formula is C25H28N4S. The van der Waals surface area contributed by atoms with Crippen molar-refractivity contribution in [2.24, 2.45) is 5.73 Å². The van der Waals surface area contributed by atoms with Gasteiger partial charge in [0.2, 0.25) is 0 Å². The van der Waals surface area contributed by atoms with Gasteiger partial charge in [-0.05, 0) is 55.3 Å². The van der Waals surface area contributed by atoms with Crippen molar-refractivity contribution in [2.45, 2.75) is 39.2 Å². The largest absolute Gasteiger partial charge is 0.370 e. The smallest absolute Gasteiger partial charge is 0.138 e. The molecule has 5 heteroatoms. The minimum absolute atomic E-state index is 0.236. The van der Waals surface area contributed by atoms with Gasteiger partial charge in [-0.2, -0.15) is 0 Å². The zero-order valence-electron chi connectivity index (χ0n) is 17.7. The summed E-state index contributed by atoms with van der Waals surface area (Å²) in [6, 6.07) is 13.2. The summed E-state index contributed by atoms with van der Waals surface area (Å²) in [6.45, 7) is 10.7. The number of imidazole rings is 1. The van der Waals surface area contributed by atoms with E-state index in [1.54, 1.807) is 0 Å². The van der Waals surface area contributed by atoms with E-state index in [4.69, 9.17) is 10.7 Å². The fraction of sp³-hybridized carbons (Fsp3) is 0.320. The first-order valence-electron chi connectivity index (χ1n) is 10.8. The lowest BCUT2D eigenvalue weighted by molar-refractivity contribution is 0.296. The summed E-state index contributed by atoms with van der Waals surface area (Å²) in [5, 5.41) is 1.35. The second kappa shape index (κ2) is 7.56. The van der Waals surface area contributed by atoms with Crippen molar-refractivity contribution >= 4 is 32.8 Å². The Hall–Kier alpha value is -2.63. The first kappa shape index (κ1) is 19.3. The lowest BCUT2D eigenvalue weighted by Crippen LogP contribution is -2.41. The SMILES string of the molecule is C=C(c1ccn2c(C)c(-c3sc4ccccc4c3CC)nc2c1)N1CCCC(N)C1. The second-order valence-electron chi connectivity index (χ2n) is 8.24. The van der Waals surface area contributed by atoms with Gasteiger partial charge in [-0.3, -0.25) is 0 Å². The van der Waals surface area contributed by atoms with Crippen molar-refractivity contribution in [1.82, 2.24) is 14.3 Å². The number of fused-ring (bicyclic) bond motifs is 2. The lowest BCUT2D eigenvalue weighted by atomic mass is 10.0. The molecule has 0 amide bonds. The summed E-state index contributed by atoms with van der Waals surface area (Å²) < 4.78 is 3.52. The van der Waals surface area contributed by atoms with Crippen LogP contribution in [0.1, 0.15) is 36.6 Å². The zero-order valence-corrected chi connectivity index (χ0v) is 18.5. The van der Waals surface area contributed by atoms with E-state index in [-0.39, 0.29) is 6.04 Å². The molecule has 4 heterocycles. The van der Waals surface area contributed by atoms with E-state index in [2.05, 4.69) is 72.3 Å². The number of hydrogen-bond acceptors (Lipinski definition) is 4. The average molecular weight is 417 g/mol. The topological polar surface area (TPSA) is 46.6 Å². The quantitative estimate of drug-likeness (QED) is 0.479. The van der Waals surface area contributed by atoms with Gasteiger partial charge >= 0.3 is 0 Å². The van der Waals surface area contributed by atoms with Crippen LogP contribution in [0.3, 0.4) is 0 Å². The molecule has 30 heavy (non-hydrogen) atoms. The molecule has 4 nitrogen and oxygen atoms in total. The summed E-state index contributed by atoms with van der Waals surface area (Å²) in [4.78, 5) is 8.69. The van der Waals surface area contributed by atoms with Crippen molar-refractivity contribution < 1.29 is 0 Å². The Kier molecular flexibility index (Phi) is 4.88. The Labute approximate surface area is 181 Å². The van der Waals surface area contributed by atoms with Crippen LogP contribution in [0.25, 0.3) is 32.0 Å². The van der Waals surface area contributed by atoms with Gasteiger partial charge in [0.25, 0.3) is 0 Å². The van der Waals surface area contributed by atoms with Crippen LogP contribution in [0.15, 0.2) is 49.2 Å². The molecule has 0 spiro atoms. The summed E-state index contributed by atoms with van der Waals surface area (Å²) in [5.74, 6) is 0. The third kappa shape index (κ3) is 3.13. The van der Waals surface area contributed by atoms with Gasteiger partial charge in [-0.15, -0.1) is 11.3 Å². The number of likely N-dealkylation sites (tertiary alicyclic amines) is 1. The van der Waals surface area contributed by atoms with Crippen molar-refractivity contribution in [2.75, 3.05) is 13.1 Å². The second-order valence-corrected chi connectivity index (χ2v) is 9.30. The number of piperidine rings is 1. The number of benzene rings is 1. The minimum atomic E-state index is 0.236. The number of rotatable bonds is 4. The molecule has 0 bridgehead atoms. The summed E-state index contributed by atoms with van der Waals surface area (Å²) in [7, 11) is 0. The van der Waals surface area contributed by atoms with Gasteiger partial charge in [0, 0.05) is 47.0 Å². The van der Waals surface area contributed by atoms with E-state index < -0.39 is 0 Å². The van der Waals surface area contributed by atoms with Gasteiger partial charge < -0.3 is 15.0 Å². The van der Waals surface area contributed by atoms with Gasteiger partial charge in [-0.1, -0.05) is 31.7 Å². The number of nitrogens with zero attached hydrogens (tertiary/aromatic N) is 3. The van der Waals surface area contributed by atoms with E-state index in [1.807, 2.05) is 11.3 Å². The maximum atomic E-state index is 6.18. The summed E-state index contributed by atoms with van der Waals surface area (Å²) >= 11 is 1.85. The predicted octanol–water partition coefficient (Wildman–Crippen LogP) is 5.48. The number of aromatic nitrogens is 2. The number of pyridine rings is 1. The first-order valence-corrected chi connectivity index (χ1v) is 11.6. The third-order valence-corrected chi connectivity index (χ3v) is 7.52. The molecule has 154 valence electrons. The molecule has 2 N–H and O–H groups in total. The van der Waals surface area contributed by atoms with Crippen LogP contribution in [0, 0.1) is 6.92 Å². The average Bonchev–Trinajstić information content (AvgIpc) is 3.30. The van der Waals surface area contributed by atoms with Crippen LogP contribution in [0.4, 0.5) is 0 Å². The first-order chi connectivity index (χ1) is 14.6. The van der Waals surface area contributed by atoms with Crippen LogP contribution in [-0.2, 0) is 6.42 Å². The standard InChI is InChI=1S/C25H28N4S/c1-4-20-21-9-5-6-10-22(21)30-25(20)24-17(3)29-13-11-18(14-23(29)27-24)16(2)28-12-7-8-19(26)15-28/h5-6,9-11,13-14,19H,2,4,7-8,12,15,26H2,1,3H3. The van der Waals surface area contributed by atoms with Gasteiger partial charge in [0.05, 0.1) is 4.88 Å². The monoisotopic (exact) mass is 416 g/mol. The molecule has 0 saturated carbocycles.